The quantitative estimate of drug-likeness (QED) is 0.408. The van der Waals surface area contributed by atoms with Crippen molar-refractivity contribution in [3.63, 3.8) is 0 Å². The molecule has 4 nitrogen and oxygen atoms in total. The monoisotopic (exact) mass is 345 g/mol. The van der Waals surface area contributed by atoms with E-state index in [9.17, 15) is 13.2 Å². The number of alkyl halides is 3. The zero-order valence-electron chi connectivity index (χ0n) is 14.2. The van der Waals surface area contributed by atoms with Gasteiger partial charge in [0.2, 0.25) is 0 Å². The van der Waals surface area contributed by atoms with Crippen molar-refractivity contribution < 1.29 is 17.9 Å². The second-order valence-corrected chi connectivity index (χ2v) is 5.33. The number of guanidine groups is 1. The standard InChI is InChI=1S/C17H26F3N3O/c1-3-21-16(23-12-10-17(18,19)20)22-11-7-13-24-14(2)15-8-5-4-6-9-15/h4-6,8-9,14H,3,7,10-13H2,1-2H3,(H2,21,22,23). The lowest BCUT2D eigenvalue weighted by Crippen LogP contribution is -2.39. The maximum Gasteiger partial charge on any atom is 0.390 e. The van der Waals surface area contributed by atoms with E-state index in [4.69, 9.17) is 4.74 Å². The first-order chi connectivity index (χ1) is 11.4. The Kier molecular flexibility index (Phi) is 9.22. The van der Waals surface area contributed by atoms with Gasteiger partial charge in [-0.25, -0.2) is 0 Å². The number of ether oxygens (including phenoxy) is 1. The van der Waals surface area contributed by atoms with Gasteiger partial charge in [0.15, 0.2) is 5.96 Å². The first-order valence-electron chi connectivity index (χ1n) is 8.18. The summed E-state index contributed by atoms with van der Waals surface area (Å²) in [7, 11) is 0. The molecule has 0 radical (unpaired) electrons. The fourth-order valence-electron chi connectivity index (χ4n) is 2.00. The Morgan fingerprint density at radius 2 is 1.92 bits per heavy atom. The van der Waals surface area contributed by atoms with Gasteiger partial charge < -0.3 is 15.4 Å². The summed E-state index contributed by atoms with van der Waals surface area (Å²) in [4.78, 5) is 4.25. The molecule has 136 valence electrons. The van der Waals surface area contributed by atoms with Crippen LogP contribution in [-0.4, -0.2) is 38.4 Å². The smallest absolute Gasteiger partial charge is 0.374 e. The minimum Gasteiger partial charge on any atom is -0.374 e. The average Bonchev–Trinajstić information content (AvgIpc) is 2.54. The van der Waals surface area contributed by atoms with Crippen LogP contribution >= 0.6 is 0 Å². The molecular weight excluding hydrogens is 319 g/mol. The highest BCUT2D eigenvalue weighted by Crippen LogP contribution is 2.18. The molecule has 1 aromatic rings. The van der Waals surface area contributed by atoms with Crippen molar-refractivity contribution in [2.24, 2.45) is 4.99 Å². The van der Waals surface area contributed by atoms with E-state index in [1.807, 2.05) is 44.2 Å². The predicted octanol–water partition coefficient (Wildman–Crippen LogP) is 3.66. The third-order valence-electron chi connectivity index (χ3n) is 3.25. The first-order valence-corrected chi connectivity index (χ1v) is 8.18. The number of benzene rings is 1. The molecule has 0 saturated carbocycles. The minimum atomic E-state index is -4.16. The van der Waals surface area contributed by atoms with Gasteiger partial charge in [0.05, 0.1) is 12.5 Å². The Hall–Kier alpha value is -1.76. The van der Waals surface area contributed by atoms with Gasteiger partial charge in [0, 0.05) is 26.2 Å². The lowest BCUT2D eigenvalue weighted by atomic mass is 10.1. The highest BCUT2D eigenvalue weighted by Gasteiger charge is 2.26. The van der Waals surface area contributed by atoms with E-state index in [1.54, 1.807) is 0 Å². The van der Waals surface area contributed by atoms with Gasteiger partial charge in [-0.2, -0.15) is 13.2 Å². The molecule has 1 aromatic carbocycles. The van der Waals surface area contributed by atoms with Gasteiger partial charge in [-0.15, -0.1) is 0 Å². The molecule has 1 atom stereocenters. The number of rotatable bonds is 9. The van der Waals surface area contributed by atoms with E-state index in [0.717, 1.165) is 5.56 Å². The van der Waals surface area contributed by atoms with Crippen molar-refractivity contribution in [3.8, 4) is 0 Å². The number of aliphatic imine (C=N–C) groups is 1. The molecule has 0 bridgehead atoms. The van der Waals surface area contributed by atoms with Crippen LogP contribution in [0.15, 0.2) is 35.3 Å². The van der Waals surface area contributed by atoms with Gasteiger partial charge in [0.1, 0.15) is 0 Å². The minimum absolute atomic E-state index is 0.00771. The summed E-state index contributed by atoms with van der Waals surface area (Å²) in [5, 5.41) is 5.61. The first kappa shape index (κ1) is 20.3. The number of hydrogen-bond donors (Lipinski definition) is 2. The molecule has 0 aromatic heterocycles. The second kappa shape index (κ2) is 10.9. The van der Waals surface area contributed by atoms with Crippen LogP contribution in [0.1, 0.15) is 38.4 Å². The van der Waals surface area contributed by atoms with Gasteiger partial charge in [0.25, 0.3) is 0 Å². The zero-order valence-corrected chi connectivity index (χ0v) is 14.2. The second-order valence-electron chi connectivity index (χ2n) is 5.33. The summed E-state index contributed by atoms with van der Waals surface area (Å²) in [5.74, 6) is 0.401. The van der Waals surface area contributed by atoms with Crippen LogP contribution < -0.4 is 10.6 Å². The van der Waals surface area contributed by atoms with Crippen LogP contribution in [0.2, 0.25) is 0 Å². The molecule has 1 rings (SSSR count). The molecule has 0 aliphatic carbocycles. The highest BCUT2D eigenvalue weighted by atomic mass is 19.4. The van der Waals surface area contributed by atoms with E-state index in [1.165, 1.54) is 0 Å². The Balaban J connectivity index is 2.26. The summed E-state index contributed by atoms with van der Waals surface area (Å²) in [6, 6.07) is 9.91. The van der Waals surface area contributed by atoms with E-state index in [2.05, 4.69) is 15.6 Å². The van der Waals surface area contributed by atoms with Crippen molar-refractivity contribution >= 4 is 5.96 Å². The number of nitrogens with zero attached hydrogens (tertiary/aromatic N) is 1. The van der Waals surface area contributed by atoms with Gasteiger partial charge in [-0.05, 0) is 25.8 Å². The number of hydrogen-bond acceptors (Lipinski definition) is 2. The van der Waals surface area contributed by atoms with Crippen LogP contribution in [-0.2, 0) is 4.74 Å². The summed E-state index contributed by atoms with van der Waals surface area (Å²) in [6.45, 7) is 5.30. The van der Waals surface area contributed by atoms with Crippen molar-refractivity contribution in [2.75, 3.05) is 26.2 Å². The van der Waals surface area contributed by atoms with Crippen molar-refractivity contribution in [2.45, 2.75) is 39.0 Å². The van der Waals surface area contributed by atoms with Crippen molar-refractivity contribution in [3.05, 3.63) is 35.9 Å². The van der Waals surface area contributed by atoms with Gasteiger partial charge in [-0.1, -0.05) is 30.3 Å². The molecular formula is C17H26F3N3O. The third-order valence-corrected chi connectivity index (χ3v) is 3.25. The molecule has 0 heterocycles. The SMILES string of the molecule is CCNC(=NCCCOC(C)c1ccccc1)NCCC(F)(F)F. The predicted molar refractivity (Wildman–Crippen MR) is 90.1 cm³/mol. The van der Waals surface area contributed by atoms with Crippen LogP contribution in [0.25, 0.3) is 0 Å². The van der Waals surface area contributed by atoms with Crippen LogP contribution in [0, 0.1) is 0 Å². The molecule has 7 heteroatoms. The number of halogens is 3. The van der Waals surface area contributed by atoms with E-state index >= 15 is 0 Å². The normalized spacial score (nSPS) is 13.6. The summed E-state index contributed by atoms with van der Waals surface area (Å²) in [5.41, 5.74) is 1.11. The Morgan fingerprint density at radius 3 is 2.54 bits per heavy atom. The summed E-state index contributed by atoms with van der Waals surface area (Å²) in [6.07, 6.45) is -4.33. The topological polar surface area (TPSA) is 45.7 Å². The van der Waals surface area contributed by atoms with E-state index < -0.39 is 12.6 Å². The number of nitrogens with one attached hydrogen (secondary N) is 2. The molecule has 0 saturated heterocycles. The lowest BCUT2D eigenvalue weighted by molar-refractivity contribution is -0.132. The van der Waals surface area contributed by atoms with Crippen molar-refractivity contribution in [1.82, 2.24) is 10.6 Å². The Morgan fingerprint density at radius 1 is 1.21 bits per heavy atom. The average molecular weight is 345 g/mol. The molecule has 24 heavy (non-hydrogen) atoms. The van der Waals surface area contributed by atoms with Crippen molar-refractivity contribution in [1.29, 1.82) is 0 Å². The summed E-state index contributed by atoms with van der Waals surface area (Å²) < 4.78 is 42.2. The van der Waals surface area contributed by atoms with E-state index in [-0.39, 0.29) is 12.6 Å². The molecule has 0 fully saturated rings. The molecule has 1 unspecified atom stereocenters. The van der Waals surface area contributed by atoms with Crippen LogP contribution in [0.4, 0.5) is 13.2 Å². The largest absolute Gasteiger partial charge is 0.390 e. The molecule has 2 N–H and O–H groups in total. The molecule has 0 aliphatic rings. The van der Waals surface area contributed by atoms with Gasteiger partial charge >= 0.3 is 6.18 Å². The maximum atomic E-state index is 12.1. The third kappa shape index (κ3) is 9.39. The molecule has 0 amide bonds. The van der Waals surface area contributed by atoms with E-state index in [0.29, 0.717) is 32.1 Å². The lowest BCUT2D eigenvalue weighted by Gasteiger charge is -2.14. The van der Waals surface area contributed by atoms with Gasteiger partial charge in [-0.3, -0.25) is 4.99 Å². The Bertz CT molecular complexity index is 478. The maximum absolute atomic E-state index is 12.1. The summed E-state index contributed by atoms with van der Waals surface area (Å²) >= 11 is 0. The Labute approximate surface area is 141 Å². The van der Waals surface area contributed by atoms with Crippen LogP contribution in [0.5, 0.6) is 0 Å². The zero-order chi connectivity index (χ0) is 17.8. The molecule has 0 spiro atoms. The van der Waals surface area contributed by atoms with Crippen LogP contribution in [0.3, 0.4) is 0 Å². The fraction of sp³-hybridized carbons (Fsp3) is 0.588. The fourth-order valence-corrected chi connectivity index (χ4v) is 2.00. The highest BCUT2D eigenvalue weighted by molar-refractivity contribution is 5.79. The molecule has 0 aliphatic heterocycles.